The lowest BCUT2D eigenvalue weighted by atomic mass is 10.0. The van der Waals surface area contributed by atoms with Crippen molar-refractivity contribution in [2.75, 3.05) is 7.11 Å². The largest absolute Gasteiger partial charge is 0.497 e. The van der Waals surface area contributed by atoms with Gasteiger partial charge in [-0.25, -0.2) is 4.79 Å². The van der Waals surface area contributed by atoms with Crippen LogP contribution >= 0.6 is 22.6 Å². The molecule has 6 nitrogen and oxygen atoms in total. The predicted molar refractivity (Wildman–Crippen MR) is 106 cm³/mol. The van der Waals surface area contributed by atoms with Gasteiger partial charge in [-0.3, -0.25) is 0 Å². The zero-order valence-corrected chi connectivity index (χ0v) is 16.8. The Labute approximate surface area is 166 Å². The molecule has 0 amide bonds. The Morgan fingerprint density at radius 3 is 2.65 bits per heavy atom. The summed E-state index contributed by atoms with van der Waals surface area (Å²) in [5, 5.41) is 30.4. The third-order valence-corrected chi connectivity index (χ3v) is 5.19. The highest BCUT2D eigenvalue weighted by Crippen LogP contribution is 2.24. The summed E-state index contributed by atoms with van der Waals surface area (Å²) in [6.45, 7) is 1.75. The summed E-state index contributed by atoms with van der Waals surface area (Å²) in [6.07, 6.45) is 1.43. The zero-order valence-electron chi connectivity index (χ0n) is 14.6. The van der Waals surface area contributed by atoms with Gasteiger partial charge < -0.3 is 24.8 Å². The number of aliphatic hydroxyl groups is 3. The third kappa shape index (κ3) is 5.29. The summed E-state index contributed by atoms with van der Waals surface area (Å²) in [6, 6.07) is 5.01. The van der Waals surface area contributed by atoms with Gasteiger partial charge in [0.1, 0.15) is 24.1 Å². The first kappa shape index (κ1) is 20.9. The molecular formula is C19H23IO6. The van der Waals surface area contributed by atoms with Gasteiger partial charge >= 0.3 is 5.97 Å². The second-order valence-electron chi connectivity index (χ2n) is 6.13. The molecule has 3 N–H and O–H groups in total. The first-order valence-electron chi connectivity index (χ1n) is 8.28. The van der Waals surface area contributed by atoms with Gasteiger partial charge in [0.15, 0.2) is 0 Å². The van der Waals surface area contributed by atoms with E-state index in [1.165, 1.54) is 7.11 Å². The molecule has 0 saturated heterocycles. The molecule has 0 bridgehead atoms. The van der Waals surface area contributed by atoms with Gasteiger partial charge in [0.05, 0.1) is 18.8 Å². The van der Waals surface area contributed by atoms with Gasteiger partial charge in [-0.15, -0.1) is 0 Å². The summed E-state index contributed by atoms with van der Waals surface area (Å²) in [4.78, 5) is 12.5. The summed E-state index contributed by atoms with van der Waals surface area (Å²) in [7, 11) is 1.53. The Morgan fingerprint density at radius 2 is 1.96 bits per heavy atom. The first-order chi connectivity index (χ1) is 12.3. The van der Waals surface area contributed by atoms with Gasteiger partial charge in [0, 0.05) is 10.0 Å². The number of aliphatic hydroxyl groups excluding tert-OH is 3. The minimum absolute atomic E-state index is 0.115. The van der Waals surface area contributed by atoms with Crippen LogP contribution in [0.5, 0.6) is 5.75 Å². The summed E-state index contributed by atoms with van der Waals surface area (Å²) in [5.74, 6) is 0.130. The fourth-order valence-corrected chi connectivity index (χ4v) is 3.16. The Morgan fingerprint density at radius 1 is 1.23 bits per heavy atom. The molecule has 142 valence electrons. The summed E-state index contributed by atoms with van der Waals surface area (Å²) >= 11 is 1.91. The van der Waals surface area contributed by atoms with Crippen molar-refractivity contribution >= 4 is 34.6 Å². The number of carbonyl (C=O) groups is 1. The molecule has 4 atom stereocenters. The average Bonchev–Trinajstić information content (AvgIpc) is 2.63. The Hall–Kier alpha value is -1.42. The molecule has 0 fully saturated rings. The van der Waals surface area contributed by atoms with E-state index in [4.69, 9.17) is 9.47 Å². The molecule has 3 unspecified atom stereocenters. The van der Waals surface area contributed by atoms with E-state index in [1.54, 1.807) is 43.4 Å². The van der Waals surface area contributed by atoms with Crippen LogP contribution in [0.25, 0.3) is 6.08 Å². The molecule has 0 aliphatic carbocycles. The van der Waals surface area contributed by atoms with E-state index in [-0.39, 0.29) is 6.42 Å². The van der Waals surface area contributed by atoms with E-state index in [9.17, 15) is 20.1 Å². The zero-order chi connectivity index (χ0) is 19.3. The van der Waals surface area contributed by atoms with Gasteiger partial charge in [0.2, 0.25) is 0 Å². The van der Waals surface area contributed by atoms with Crippen LogP contribution in [0.2, 0.25) is 0 Å². The lowest BCUT2D eigenvalue weighted by Crippen LogP contribution is -2.37. The van der Waals surface area contributed by atoms with Crippen LogP contribution in [0.1, 0.15) is 35.7 Å². The molecule has 1 heterocycles. The van der Waals surface area contributed by atoms with Gasteiger partial charge in [-0.1, -0.05) is 18.2 Å². The molecule has 0 saturated carbocycles. The summed E-state index contributed by atoms with van der Waals surface area (Å²) < 4.78 is 11.2. The second-order valence-corrected chi connectivity index (χ2v) is 7.38. The Kier molecular flexibility index (Phi) is 7.63. The number of fused-ring (bicyclic) bond motifs is 1. The topological polar surface area (TPSA) is 96.2 Å². The van der Waals surface area contributed by atoms with Crippen molar-refractivity contribution in [3.8, 4) is 5.75 Å². The van der Waals surface area contributed by atoms with Crippen molar-refractivity contribution in [3.63, 3.8) is 0 Å². The van der Waals surface area contributed by atoms with Crippen molar-refractivity contribution < 1.29 is 29.6 Å². The molecule has 2 rings (SSSR count). The fourth-order valence-electron chi connectivity index (χ4n) is 2.53. The van der Waals surface area contributed by atoms with Crippen LogP contribution in [0.4, 0.5) is 0 Å². The van der Waals surface area contributed by atoms with Gasteiger partial charge in [-0.2, -0.15) is 0 Å². The maximum Gasteiger partial charge on any atom is 0.339 e. The minimum atomic E-state index is -1.31. The molecule has 1 aliphatic heterocycles. The van der Waals surface area contributed by atoms with E-state index in [1.807, 2.05) is 22.6 Å². The number of cyclic esters (lactones) is 1. The van der Waals surface area contributed by atoms with Crippen molar-refractivity contribution in [1.82, 2.24) is 0 Å². The number of methoxy groups -OCH3 is 1. The maximum absolute atomic E-state index is 12.5. The van der Waals surface area contributed by atoms with E-state index in [0.29, 0.717) is 26.9 Å². The lowest BCUT2D eigenvalue weighted by Gasteiger charge is -2.22. The number of hydrogen-bond donors (Lipinski definition) is 3. The predicted octanol–water partition coefficient (Wildman–Crippen LogP) is 2.45. The van der Waals surface area contributed by atoms with E-state index in [0.717, 1.165) is 0 Å². The monoisotopic (exact) mass is 474 g/mol. The standard InChI is InChI=1S/C19H23IO6/c1-11-6-9-15(20)17(22)18(23)16(21)5-3-4-12-10-13(25-2)7-8-14(12)19(24)26-11/h3-4,7-11,16-18,21-23H,5-6H2,1-2H3/b4-3+,15-9+/t11?,16?,17?,18-/m1/s1. The number of ether oxygens (including phenoxy) is 2. The van der Waals surface area contributed by atoms with Gasteiger partial charge in [0.25, 0.3) is 0 Å². The van der Waals surface area contributed by atoms with Crippen molar-refractivity contribution in [1.29, 1.82) is 0 Å². The molecule has 1 aromatic carbocycles. The molecule has 0 radical (unpaired) electrons. The first-order valence-corrected chi connectivity index (χ1v) is 9.36. The van der Waals surface area contributed by atoms with E-state index in [2.05, 4.69) is 0 Å². The highest BCUT2D eigenvalue weighted by molar-refractivity contribution is 14.1. The Bertz CT molecular complexity index is 699. The minimum Gasteiger partial charge on any atom is -0.497 e. The number of rotatable bonds is 1. The van der Waals surface area contributed by atoms with Crippen LogP contribution < -0.4 is 4.74 Å². The number of carbonyl (C=O) groups excluding carboxylic acids is 1. The number of hydrogen-bond acceptors (Lipinski definition) is 6. The van der Waals surface area contributed by atoms with Gasteiger partial charge in [-0.05, 0) is 59.7 Å². The molecular weight excluding hydrogens is 451 g/mol. The van der Waals surface area contributed by atoms with Crippen molar-refractivity contribution in [2.24, 2.45) is 0 Å². The fraction of sp³-hybridized carbons (Fsp3) is 0.421. The molecule has 7 heteroatoms. The maximum atomic E-state index is 12.5. The van der Waals surface area contributed by atoms with Crippen LogP contribution in [-0.4, -0.2) is 52.8 Å². The highest BCUT2D eigenvalue weighted by Gasteiger charge is 2.26. The number of esters is 1. The number of halogens is 1. The van der Waals surface area contributed by atoms with Crippen molar-refractivity contribution in [2.45, 2.75) is 44.2 Å². The second kappa shape index (κ2) is 9.50. The third-order valence-electron chi connectivity index (χ3n) is 4.11. The summed E-state index contributed by atoms with van der Waals surface area (Å²) in [5.41, 5.74) is 0.977. The molecule has 26 heavy (non-hydrogen) atoms. The molecule has 0 spiro atoms. The highest BCUT2D eigenvalue weighted by atomic mass is 127. The van der Waals surface area contributed by atoms with Crippen LogP contribution in [0.3, 0.4) is 0 Å². The molecule has 1 aromatic rings. The normalized spacial score (nSPS) is 31.0. The van der Waals surface area contributed by atoms with Crippen LogP contribution in [-0.2, 0) is 4.74 Å². The molecule has 1 aliphatic rings. The SMILES string of the molecule is COc1ccc2c(c1)/C=C/CC(O)[C@@H](O)C(O)/C(I)=C\CC(C)OC2=O. The smallest absolute Gasteiger partial charge is 0.339 e. The lowest BCUT2D eigenvalue weighted by molar-refractivity contribution is -0.0400. The number of benzene rings is 1. The van der Waals surface area contributed by atoms with E-state index >= 15 is 0 Å². The van der Waals surface area contributed by atoms with Crippen LogP contribution in [0.15, 0.2) is 33.9 Å². The average molecular weight is 474 g/mol. The van der Waals surface area contributed by atoms with Crippen LogP contribution in [0, 0.1) is 0 Å². The Balaban J connectivity index is 2.39. The quantitative estimate of drug-likeness (QED) is 0.428. The molecule has 0 aromatic heterocycles. The van der Waals surface area contributed by atoms with E-state index < -0.39 is 30.4 Å². The van der Waals surface area contributed by atoms with Crippen molar-refractivity contribution in [3.05, 3.63) is 45.1 Å².